The van der Waals surface area contributed by atoms with Gasteiger partial charge in [-0.15, -0.1) is 0 Å². The molecule has 1 aromatic carbocycles. The first kappa shape index (κ1) is 18.9. The first-order valence-corrected chi connectivity index (χ1v) is 8.85. The molecule has 0 aliphatic rings. The van der Waals surface area contributed by atoms with Gasteiger partial charge in [-0.05, 0) is 29.8 Å². The molecule has 1 atom stereocenters. The van der Waals surface area contributed by atoms with Crippen LogP contribution in [-0.4, -0.2) is 26.7 Å². The summed E-state index contributed by atoms with van der Waals surface area (Å²) in [5, 5.41) is 10.1. The number of nitrogens with zero attached hydrogens (tertiary/aromatic N) is 3. The van der Waals surface area contributed by atoms with Crippen molar-refractivity contribution < 1.29 is 13.2 Å². The second-order valence-electron chi connectivity index (χ2n) is 6.46. The quantitative estimate of drug-likeness (QED) is 0.470. The number of hydrogen-bond acceptors (Lipinski definition) is 5. The Kier molecular flexibility index (Phi) is 4.89. The van der Waals surface area contributed by atoms with E-state index in [-0.39, 0.29) is 23.2 Å². The number of anilines is 1. The summed E-state index contributed by atoms with van der Waals surface area (Å²) >= 11 is 0. The maximum Gasteiger partial charge on any atom is 0.418 e. The average Bonchev–Trinajstić information content (AvgIpc) is 3.16. The van der Waals surface area contributed by atoms with Crippen molar-refractivity contribution in [3.63, 3.8) is 0 Å². The highest BCUT2D eigenvalue weighted by atomic mass is 19.4. The molecule has 0 amide bonds. The summed E-state index contributed by atoms with van der Waals surface area (Å²) in [6, 6.07) is 14.7. The molecule has 3 heterocycles. The van der Waals surface area contributed by atoms with Crippen molar-refractivity contribution in [2.24, 2.45) is 5.73 Å². The van der Waals surface area contributed by atoms with Gasteiger partial charge in [-0.25, -0.2) is 9.97 Å². The van der Waals surface area contributed by atoms with E-state index in [0.717, 1.165) is 11.6 Å². The van der Waals surface area contributed by atoms with E-state index in [2.05, 4.69) is 25.5 Å². The lowest BCUT2D eigenvalue weighted by Crippen LogP contribution is -2.21. The van der Waals surface area contributed by atoms with Crippen LogP contribution in [0.3, 0.4) is 0 Å². The van der Waals surface area contributed by atoms with E-state index in [0.29, 0.717) is 17.6 Å². The summed E-state index contributed by atoms with van der Waals surface area (Å²) in [6.07, 6.45) is -3.05. The van der Waals surface area contributed by atoms with Gasteiger partial charge in [0.25, 0.3) is 0 Å². The Bertz CT molecular complexity index is 1120. The van der Waals surface area contributed by atoms with Crippen molar-refractivity contribution in [1.82, 2.24) is 20.2 Å². The average molecular weight is 398 g/mol. The molecule has 0 aliphatic heterocycles. The highest BCUT2D eigenvalue weighted by Gasteiger charge is 2.35. The molecule has 4 aromatic rings. The number of pyridine rings is 2. The monoisotopic (exact) mass is 398 g/mol. The molecule has 9 heteroatoms. The molecule has 0 saturated carbocycles. The van der Waals surface area contributed by atoms with Crippen LogP contribution in [-0.2, 0) is 6.18 Å². The highest BCUT2D eigenvalue weighted by Crippen LogP contribution is 2.38. The molecule has 0 aliphatic carbocycles. The smallest absolute Gasteiger partial charge is 0.368 e. The third-order valence-corrected chi connectivity index (χ3v) is 4.50. The summed E-state index contributed by atoms with van der Waals surface area (Å²) in [6.45, 7) is 0.313. The molecular weight excluding hydrogens is 381 g/mol. The predicted octanol–water partition coefficient (Wildman–Crippen LogP) is 4.15. The second-order valence-corrected chi connectivity index (χ2v) is 6.46. The fourth-order valence-corrected chi connectivity index (χ4v) is 3.04. The van der Waals surface area contributed by atoms with Crippen LogP contribution in [0.15, 0.2) is 60.8 Å². The van der Waals surface area contributed by atoms with Crippen LogP contribution in [0.2, 0.25) is 0 Å². The summed E-state index contributed by atoms with van der Waals surface area (Å²) in [7, 11) is 0. The first-order chi connectivity index (χ1) is 13.9. The third-order valence-electron chi connectivity index (χ3n) is 4.50. The van der Waals surface area contributed by atoms with Gasteiger partial charge < -0.3 is 11.1 Å². The van der Waals surface area contributed by atoms with Crippen LogP contribution in [0.4, 0.5) is 19.0 Å². The lowest BCUT2D eigenvalue weighted by molar-refractivity contribution is -0.137. The number of nitrogens with two attached hydrogens (primary N) is 1. The molecule has 6 nitrogen and oxygen atoms in total. The van der Waals surface area contributed by atoms with Gasteiger partial charge in [-0.3, -0.25) is 5.10 Å². The second kappa shape index (κ2) is 7.51. The Hall–Kier alpha value is -3.46. The van der Waals surface area contributed by atoms with Gasteiger partial charge >= 0.3 is 6.18 Å². The molecule has 4 rings (SSSR count). The minimum Gasteiger partial charge on any atom is -0.368 e. The summed E-state index contributed by atoms with van der Waals surface area (Å²) in [5.41, 5.74) is 6.45. The van der Waals surface area contributed by atoms with E-state index >= 15 is 0 Å². The van der Waals surface area contributed by atoms with Crippen molar-refractivity contribution in [2.75, 3.05) is 11.9 Å². The van der Waals surface area contributed by atoms with Crippen molar-refractivity contribution in [2.45, 2.75) is 12.2 Å². The van der Waals surface area contributed by atoms with Crippen molar-refractivity contribution in [3.05, 3.63) is 71.9 Å². The van der Waals surface area contributed by atoms with Gasteiger partial charge in [-0.1, -0.05) is 30.3 Å². The number of rotatable bonds is 5. The lowest BCUT2D eigenvalue weighted by atomic mass is 10.1. The predicted molar refractivity (Wildman–Crippen MR) is 104 cm³/mol. The van der Waals surface area contributed by atoms with E-state index in [4.69, 9.17) is 5.73 Å². The molecule has 0 radical (unpaired) electrons. The molecule has 29 heavy (non-hydrogen) atoms. The van der Waals surface area contributed by atoms with Gasteiger partial charge in [0.1, 0.15) is 11.5 Å². The number of benzene rings is 1. The van der Waals surface area contributed by atoms with Crippen molar-refractivity contribution in [3.8, 4) is 11.4 Å². The maximum absolute atomic E-state index is 13.6. The zero-order valence-electron chi connectivity index (χ0n) is 15.1. The number of aromatic amines is 1. The van der Waals surface area contributed by atoms with Gasteiger partial charge in [0, 0.05) is 24.2 Å². The highest BCUT2D eigenvalue weighted by molar-refractivity contribution is 5.90. The molecule has 0 fully saturated rings. The van der Waals surface area contributed by atoms with Crippen molar-refractivity contribution >= 4 is 16.9 Å². The molecule has 0 saturated heterocycles. The van der Waals surface area contributed by atoms with E-state index in [9.17, 15) is 13.2 Å². The number of hydrogen-bond donors (Lipinski definition) is 3. The van der Waals surface area contributed by atoms with Crippen LogP contribution >= 0.6 is 0 Å². The standard InChI is InChI=1S/C20H17F3N6/c21-20(22,23)14-8-9-16(26-11-15(24)12-5-2-1-3-6-12)27-18(14)17-13-7-4-10-25-19(13)29-28-17/h1-10,15H,11,24H2,(H,26,27)(H,25,28,29). The normalized spacial score (nSPS) is 12.8. The minimum absolute atomic E-state index is 0.163. The molecule has 0 spiro atoms. The number of halogens is 3. The van der Waals surface area contributed by atoms with Crippen LogP contribution in [0, 0.1) is 0 Å². The van der Waals surface area contributed by atoms with Crippen LogP contribution < -0.4 is 11.1 Å². The van der Waals surface area contributed by atoms with Gasteiger partial charge in [0.05, 0.1) is 11.3 Å². The minimum atomic E-state index is -4.57. The van der Waals surface area contributed by atoms with Crippen LogP contribution in [0.25, 0.3) is 22.4 Å². The van der Waals surface area contributed by atoms with Crippen LogP contribution in [0.5, 0.6) is 0 Å². The van der Waals surface area contributed by atoms with Crippen molar-refractivity contribution in [1.29, 1.82) is 0 Å². The Balaban J connectivity index is 1.68. The fraction of sp³-hybridized carbons (Fsp3) is 0.150. The number of fused-ring (bicyclic) bond motifs is 1. The van der Waals surface area contributed by atoms with Gasteiger partial charge in [0.2, 0.25) is 0 Å². The van der Waals surface area contributed by atoms with Gasteiger partial charge in [-0.2, -0.15) is 18.3 Å². The Morgan fingerprint density at radius 2 is 1.83 bits per heavy atom. The first-order valence-electron chi connectivity index (χ1n) is 8.85. The Morgan fingerprint density at radius 1 is 1.03 bits per heavy atom. The Labute approximate surface area is 164 Å². The molecule has 3 aromatic heterocycles. The SMILES string of the molecule is NC(CNc1ccc(C(F)(F)F)c(-c2[nH]nc3ncccc23)n1)c1ccccc1. The van der Waals surface area contributed by atoms with E-state index in [1.165, 1.54) is 12.3 Å². The third kappa shape index (κ3) is 3.90. The molecule has 1 unspecified atom stereocenters. The summed E-state index contributed by atoms with van der Waals surface area (Å²) < 4.78 is 40.7. The largest absolute Gasteiger partial charge is 0.418 e. The molecule has 4 N–H and O–H groups in total. The number of aromatic nitrogens is 4. The lowest BCUT2D eigenvalue weighted by Gasteiger charge is -2.16. The zero-order valence-corrected chi connectivity index (χ0v) is 15.1. The molecular formula is C20H17F3N6. The summed E-state index contributed by atoms with van der Waals surface area (Å²) in [4.78, 5) is 8.26. The summed E-state index contributed by atoms with van der Waals surface area (Å²) in [5.74, 6) is 0.283. The Morgan fingerprint density at radius 3 is 2.59 bits per heavy atom. The van der Waals surface area contributed by atoms with Gasteiger partial charge in [0.15, 0.2) is 5.65 Å². The van der Waals surface area contributed by atoms with E-state index in [1.807, 2.05) is 30.3 Å². The maximum atomic E-state index is 13.6. The number of alkyl halides is 3. The van der Waals surface area contributed by atoms with Crippen LogP contribution in [0.1, 0.15) is 17.2 Å². The topological polar surface area (TPSA) is 92.5 Å². The van der Waals surface area contributed by atoms with E-state index in [1.54, 1.807) is 12.1 Å². The fourth-order valence-electron chi connectivity index (χ4n) is 3.04. The van der Waals surface area contributed by atoms with E-state index < -0.39 is 11.7 Å². The number of nitrogens with one attached hydrogen (secondary N) is 2. The molecule has 148 valence electrons. The number of H-pyrrole nitrogens is 1. The zero-order chi connectivity index (χ0) is 20.4. The molecule has 0 bridgehead atoms.